The van der Waals surface area contributed by atoms with Crippen molar-refractivity contribution in [2.24, 2.45) is 0 Å². The molecule has 1 heterocycles. The Balaban J connectivity index is 2.50. The Labute approximate surface area is 108 Å². The predicted molar refractivity (Wildman–Crippen MR) is 70.3 cm³/mol. The summed E-state index contributed by atoms with van der Waals surface area (Å²) >= 11 is 5.98. The third-order valence-electron chi connectivity index (χ3n) is 2.81. The molecule has 18 heavy (non-hydrogen) atoms. The lowest BCUT2D eigenvalue weighted by molar-refractivity contribution is -0.136. The van der Waals surface area contributed by atoms with Gasteiger partial charge in [0.2, 0.25) is 0 Å². The van der Waals surface area contributed by atoms with Crippen LogP contribution >= 0.6 is 11.6 Å². The third kappa shape index (κ3) is 2.54. The molecule has 2 aromatic rings. The Morgan fingerprint density at radius 3 is 2.78 bits per heavy atom. The van der Waals surface area contributed by atoms with Crippen molar-refractivity contribution in [3.63, 3.8) is 0 Å². The highest BCUT2D eigenvalue weighted by atomic mass is 35.5. The number of carbonyl (C=O) groups is 1. The molecular weight excluding hydrogens is 254 g/mol. The van der Waals surface area contributed by atoms with E-state index in [1.54, 1.807) is 12.1 Å². The van der Waals surface area contributed by atoms with E-state index in [4.69, 9.17) is 16.7 Å². The van der Waals surface area contributed by atoms with Gasteiger partial charge >= 0.3 is 5.97 Å². The van der Waals surface area contributed by atoms with Crippen molar-refractivity contribution in [1.82, 2.24) is 4.98 Å². The van der Waals surface area contributed by atoms with E-state index in [1.807, 2.05) is 13.0 Å². The number of halogens is 1. The second-order valence-electron chi connectivity index (χ2n) is 4.21. The van der Waals surface area contributed by atoms with E-state index in [-0.39, 0.29) is 18.4 Å². The summed E-state index contributed by atoms with van der Waals surface area (Å²) in [5.41, 5.74) is 1.80. The zero-order valence-electron chi connectivity index (χ0n) is 9.79. The fraction of sp³-hybridized carbons (Fsp3) is 0.231. The molecule has 0 aliphatic rings. The Hall–Kier alpha value is -1.81. The highest BCUT2D eigenvalue weighted by Crippen LogP contribution is 2.21. The molecule has 0 spiro atoms. The molecule has 1 aromatic carbocycles. The van der Waals surface area contributed by atoms with Gasteiger partial charge < -0.3 is 10.1 Å². The fourth-order valence-corrected chi connectivity index (χ4v) is 1.98. The van der Waals surface area contributed by atoms with E-state index in [0.717, 1.165) is 10.9 Å². The molecular formula is C13H12ClNO3. The molecule has 0 unspecified atom stereocenters. The number of rotatable bonds is 3. The number of hydrogen-bond acceptors (Lipinski definition) is 2. The summed E-state index contributed by atoms with van der Waals surface area (Å²) in [6.45, 7) is 1.88. The smallest absolute Gasteiger partial charge is 0.303 e. The summed E-state index contributed by atoms with van der Waals surface area (Å²) in [5, 5.41) is 10.1. The molecule has 5 heteroatoms. The van der Waals surface area contributed by atoms with Crippen LogP contribution in [-0.2, 0) is 11.2 Å². The molecule has 0 bridgehead atoms. The zero-order valence-corrected chi connectivity index (χ0v) is 10.5. The highest BCUT2D eigenvalue weighted by Gasteiger charge is 2.07. The number of aromatic nitrogens is 1. The van der Waals surface area contributed by atoms with Crippen LogP contribution in [0, 0.1) is 6.92 Å². The molecule has 0 amide bonds. The normalized spacial score (nSPS) is 10.8. The summed E-state index contributed by atoms with van der Waals surface area (Å²) < 4.78 is 0. The lowest BCUT2D eigenvalue weighted by Crippen LogP contribution is -2.13. The molecule has 0 saturated heterocycles. The minimum atomic E-state index is -0.915. The van der Waals surface area contributed by atoms with Gasteiger partial charge in [-0.25, -0.2) is 0 Å². The lowest BCUT2D eigenvalue weighted by Gasteiger charge is -2.05. The van der Waals surface area contributed by atoms with Gasteiger partial charge in [0.25, 0.3) is 5.56 Å². The van der Waals surface area contributed by atoms with Crippen molar-refractivity contribution < 1.29 is 9.90 Å². The minimum absolute atomic E-state index is 0.0544. The summed E-state index contributed by atoms with van der Waals surface area (Å²) in [6, 6.07) is 5.30. The molecule has 94 valence electrons. The zero-order chi connectivity index (χ0) is 13.3. The maximum Gasteiger partial charge on any atom is 0.303 e. The molecule has 0 radical (unpaired) electrons. The van der Waals surface area contributed by atoms with Crippen molar-refractivity contribution in [3.05, 3.63) is 44.7 Å². The average Bonchev–Trinajstić information content (AvgIpc) is 2.29. The average molecular weight is 266 g/mol. The minimum Gasteiger partial charge on any atom is -0.481 e. The van der Waals surface area contributed by atoms with Crippen LogP contribution in [0.2, 0.25) is 5.02 Å². The molecule has 0 fully saturated rings. The molecule has 0 atom stereocenters. The van der Waals surface area contributed by atoms with Crippen molar-refractivity contribution in [2.75, 3.05) is 0 Å². The Morgan fingerprint density at radius 1 is 1.39 bits per heavy atom. The molecule has 0 aliphatic heterocycles. The van der Waals surface area contributed by atoms with E-state index >= 15 is 0 Å². The number of benzene rings is 1. The van der Waals surface area contributed by atoms with Crippen LogP contribution < -0.4 is 5.56 Å². The van der Waals surface area contributed by atoms with E-state index in [9.17, 15) is 9.59 Å². The first-order chi connectivity index (χ1) is 8.47. The quantitative estimate of drug-likeness (QED) is 0.896. The molecule has 0 aliphatic carbocycles. The van der Waals surface area contributed by atoms with Gasteiger partial charge in [-0.2, -0.15) is 0 Å². The molecule has 2 N–H and O–H groups in total. The summed E-state index contributed by atoms with van der Waals surface area (Å²) in [4.78, 5) is 25.0. The van der Waals surface area contributed by atoms with Crippen LogP contribution in [-0.4, -0.2) is 16.1 Å². The van der Waals surface area contributed by atoms with Gasteiger partial charge in [0.1, 0.15) is 0 Å². The second-order valence-corrected chi connectivity index (χ2v) is 4.61. The van der Waals surface area contributed by atoms with Gasteiger partial charge in [-0.3, -0.25) is 9.59 Å². The maximum atomic E-state index is 11.8. The van der Waals surface area contributed by atoms with Gasteiger partial charge in [0.05, 0.1) is 0 Å². The van der Waals surface area contributed by atoms with Gasteiger partial charge in [-0.1, -0.05) is 11.6 Å². The standard InChI is InChI=1S/C13H12ClNO3/c1-7-4-9-5-8(2-3-12(16)17)13(18)15-11(9)6-10(7)14/h4-6H,2-3H2,1H3,(H,15,18)(H,16,17). The third-order valence-corrected chi connectivity index (χ3v) is 3.22. The number of hydrogen-bond donors (Lipinski definition) is 2. The first-order valence-electron chi connectivity index (χ1n) is 5.51. The number of H-pyrrole nitrogens is 1. The maximum absolute atomic E-state index is 11.8. The van der Waals surface area contributed by atoms with Crippen molar-refractivity contribution in [2.45, 2.75) is 19.8 Å². The number of aliphatic carboxylic acids is 1. The summed E-state index contributed by atoms with van der Waals surface area (Å²) in [7, 11) is 0. The van der Waals surface area contributed by atoms with Crippen LogP contribution in [0.5, 0.6) is 0 Å². The van der Waals surface area contributed by atoms with Gasteiger partial charge in [0, 0.05) is 22.5 Å². The van der Waals surface area contributed by atoms with Crippen LogP contribution in [0.25, 0.3) is 10.9 Å². The van der Waals surface area contributed by atoms with Crippen LogP contribution in [0.1, 0.15) is 17.5 Å². The van der Waals surface area contributed by atoms with Crippen molar-refractivity contribution >= 4 is 28.5 Å². The van der Waals surface area contributed by atoms with Gasteiger partial charge in [0.15, 0.2) is 0 Å². The number of fused-ring (bicyclic) bond motifs is 1. The summed E-state index contributed by atoms with van der Waals surface area (Å²) in [5.74, 6) is -0.915. The van der Waals surface area contributed by atoms with E-state index in [1.165, 1.54) is 0 Å². The van der Waals surface area contributed by atoms with E-state index in [0.29, 0.717) is 16.1 Å². The Bertz CT molecular complexity index is 676. The fourth-order valence-electron chi connectivity index (χ4n) is 1.81. The number of carboxylic acids is 1. The molecule has 1 aromatic heterocycles. The number of carboxylic acid groups (broad SMARTS) is 1. The first-order valence-corrected chi connectivity index (χ1v) is 5.89. The van der Waals surface area contributed by atoms with Crippen LogP contribution in [0.15, 0.2) is 23.0 Å². The van der Waals surface area contributed by atoms with Gasteiger partial charge in [-0.15, -0.1) is 0 Å². The topological polar surface area (TPSA) is 70.2 Å². The SMILES string of the molecule is Cc1cc2cc(CCC(=O)O)c(=O)[nH]c2cc1Cl. The Kier molecular flexibility index (Phi) is 3.39. The predicted octanol–water partition coefficient (Wildman–Crippen LogP) is 2.51. The number of aromatic amines is 1. The monoisotopic (exact) mass is 265 g/mol. The van der Waals surface area contributed by atoms with Crippen LogP contribution in [0.4, 0.5) is 0 Å². The number of pyridine rings is 1. The summed E-state index contributed by atoms with van der Waals surface area (Å²) in [6.07, 6.45) is 0.170. The van der Waals surface area contributed by atoms with Crippen molar-refractivity contribution in [1.29, 1.82) is 0 Å². The molecule has 4 nitrogen and oxygen atoms in total. The molecule has 0 saturated carbocycles. The largest absolute Gasteiger partial charge is 0.481 e. The first kappa shape index (κ1) is 12.6. The van der Waals surface area contributed by atoms with E-state index < -0.39 is 5.97 Å². The van der Waals surface area contributed by atoms with Crippen LogP contribution in [0.3, 0.4) is 0 Å². The second kappa shape index (κ2) is 4.82. The number of aryl methyl sites for hydroxylation is 2. The van der Waals surface area contributed by atoms with E-state index in [2.05, 4.69) is 4.98 Å². The highest BCUT2D eigenvalue weighted by molar-refractivity contribution is 6.32. The molecule has 2 rings (SSSR count). The Morgan fingerprint density at radius 2 is 2.11 bits per heavy atom. The lowest BCUT2D eigenvalue weighted by atomic mass is 10.1. The number of nitrogens with one attached hydrogen (secondary N) is 1. The van der Waals surface area contributed by atoms with Gasteiger partial charge in [-0.05, 0) is 42.5 Å². The van der Waals surface area contributed by atoms with Crippen molar-refractivity contribution in [3.8, 4) is 0 Å².